The van der Waals surface area contributed by atoms with Gasteiger partial charge in [0.1, 0.15) is 5.69 Å². The average molecular weight is 215 g/mol. The smallest absolute Gasteiger partial charge is 0.354 e. The Morgan fingerprint density at radius 3 is 2.94 bits per heavy atom. The lowest BCUT2D eigenvalue weighted by molar-refractivity contribution is 0.0595. The predicted octanol–water partition coefficient (Wildman–Crippen LogP) is 2.83. The normalized spacial score (nSPS) is 15.3. The highest BCUT2D eigenvalue weighted by Crippen LogP contribution is 2.43. The number of fused-ring (bicyclic) bond motifs is 1. The monoisotopic (exact) mass is 215 g/mol. The molecule has 2 aromatic rings. The van der Waals surface area contributed by atoms with Crippen LogP contribution in [0.15, 0.2) is 24.3 Å². The zero-order valence-electron chi connectivity index (χ0n) is 9.12. The molecule has 0 saturated heterocycles. The summed E-state index contributed by atoms with van der Waals surface area (Å²) in [5, 5.41) is 1.16. The number of hydrogen-bond acceptors (Lipinski definition) is 2. The topological polar surface area (TPSA) is 42.1 Å². The predicted molar refractivity (Wildman–Crippen MR) is 61.6 cm³/mol. The zero-order valence-corrected chi connectivity index (χ0v) is 9.12. The fourth-order valence-corrected chi connectivity index (χ4v) is 2.15. The number of aromatic nitrogens is 1. The van der Waals surface area contributed by atoms with Gasteiger partial charge in [0, 0.05) is 10.9 Å². The molecule has 1 heterocycles. The van der Waals surface area contributed by atoms with E-state index in [0.29, 0.717) is 11.6 Å². The molecular formula is C13H13NO2. The maximum atomic E-state index is 11.4. The van der Waals surface area contributed by atoms with Gasteiger partial charge in [-0.2, -0.15) is 0 Å². The number of H-pyrrole nitrogens is 1. The zero-order chi connectivity index (χ0) is 11.1. The first-order valence-electron chi connectivity index (χ1n) is 5.49. The minimum absolute atomic E-state index is 0.307. The number of esters is 1. The third-order valence-corrected chi connectivity index (χ3v) is 3.12. The Morgan fingerprint density at radius 1 is 1.44 bits per heavy atom. The van der Waals surface area contributed by atoms with Crippen molar-refractivity contribution in [1.29, 1.82) is 0 Å². The molecule has 1 aliphatic rings. The van der Waals surface area contributed by atoms with Gasteiger partial charge in [0.25, 0.3) is 0 Å². The second-order valence-corrected chi connectivity index (χ2v) is 4.26. The minimum atomic E-state index is -0.307. The molecule has 0 radical (unpaired) electrons. The molecule has 3 nitrogen and oxygen atoms in total. The summed E-state index contributed by atoms with van der Waals surface area (Å²) in [6.45, 7) is 0. The number of aromatic amines is 1. The number of carbonyl (C=O) groups is 1. The second kappa shape index (κ2) is 3.37. The Labute approximate surface area is 93.4 Å². The van der Waals surface area contributed by atoms with Crippen molar-refractivity contribution >= 4 is 16.9 Å². The lowest BCUT2D eigenvalue weighted by atomic mass is 10.1. The number of carbonyl (C=O) groups excluding carboxylic acids is 1. The van der Waals surface area contributed by atoms with Gasteiger partial charge in [-0.25, -0.2) is 4.79 Å². The molecule has 1 fully saturated rings. The molecule has 0 bridgehead atoms. The number of rotatable bonds is 2. The quantitative estimate of drug-likeness (QED) is 0.783. The molecule has 0 amide bonds. The summed E-state index contributed by atoms with van der Waals surface area (Å²) in [6.07, 6.45) is 2.52. The van der Waals surface area contributed by atoms with Crippen LogP contribution in [0.1, 0.15) is 34.8 Å². The first-order chi connectivity index (χ1) is 7.79. The number of benzene rings is 1. The molecule has 1 aromatic carbocycles. The van der Waals surface area contributed by atoms with Crippen LogP contribution in [-0.2, 0) is 4.74 Å². The van der Waals surface area contributed by atoms with Crippen LogP contribution < -0.4 is 0 Å². The van der Waals surface area contributed by atoms with Crippen molar-refractivity contribution < 1.29 is 9.53 Å². The van der Waals surface area contributed by atoms with Crippen molar-refractivity contribution in [2.24, 2.45) is 0 Å². The summed E-state index contributed by atoms with van der Waals surface area (Å²) in [5.41, 5.74) is 2.90. The molecular weight excluding hydrogens is 202 g/mol. The highest BCUT2D eigenvalue weighted by atomic mass is 16.5. The van der Waals surface area contributed by atoms with E-state index < -0.39 is 0 Å². The van der Waals surface area contributed by atoms with Crippen LogP contribution in [0.5, 0.6) is 0 Å². The maximum Gasteiger partial charge on any atom is 0.354 e. The first kappa shape index (κ1) is 9.46. The molecule has 82 valence electrons. The van der Waals surface area contributed by atoms with Gasteiger partial charge in [-0.15, -0.1) is 0 Å². The van der Waals surface area contributed by atoms with Crippen molar-refractivity contribution in [3.05, 3.63) is 35.5 Å². The lowest BCUT2D eigenvalue weighted by Crippen LogP contribution is -2.00. The van der Waals surface area contributed by atoms with Crippen LogP contribution in [0.25, 0.3) is 10.9 Å². The maximum absolute atomic E-state index is 11.4. The highest BCUT2D eigenvalue weighted by molar-refractivity contribution is 5.96. The van der Waals surface area contributed by atoms with Crippen LogP contribution in [0, 0.1) is 0 Å². The molecule has 3 rings (SSSR count). The molecule has 0 spiro atoms. The van der Waals surface area contributed by atoms with E-state index >= 15 is 0 Å². The molecule has 16 heavy (non-hydrogen) atoms. The van der Waals surface area contributed by atoms with Gasteiger partial charge in [-0.3, -0.25) is 0 Å². The lowest BCUT2D eigenvalue weighted by Gasteiger charge is -1.98. The Morgan fingerprint density at radius 2 is 2.25 bits per heavy atom. The standard InChI is InChI=1S/C13H13NO2/c1-16-13(15)12-7-10-9(8-5-6-8)3-2-4-11(10)14-12/h2-4,7-8,14H,5-6H2,1H3. The number of methoxy groups -OCH3 is 1. The fourth-order valence-electron chi connectivity index (χ4n) is 2.15. The van der Waals surface area contributed by atoms with E-state index in [0.717, 1.165) is 10.9 Å². The molecule has 1 N–H and O–H groups in total. The average Bonchev–Trinajstić information content (AvgIpc) is 3.05. The highest BCUT2D eigenvalue weighted by Gasteiger charge is 2.26. The third-order valence-electron chi connectivity index (χ3n) is 3.12. The minimum Gasteiger partial charge on any atom is -0.464 e. The van der Waals surface area contributed by atoms with Crippen molar-refractivity contribution in [3.8, 4) is 0 Å². The summed E-state index contributed by atoms with van der Waals surface area (Å²) in [6, 6.07) is 8.07. The molecule has 1 saturated carbocycles. The molecule has 0 aliphatic heterocycles. The SMILES string of the molecule is COC(=O)c1cc2c(C3CC3)cccc2[nH]1. The van der Waals surface area contributed by atoms with E-state index in [2.05, 4.69) is 11.1 Å². The molecule has 0 atom stereocenters. The molecule has 1 aliphatic carbocycles. The molecule has 3 heteroatoms. The summed E-state index contributed by atoms with van der Waals surface area (Å²) in [5.74, 6) is 0.378. The van der Waals surface area contributed by atoms with Gasteiger partial charge in [0.2, 0.25) is 0 Å². The van der Waals surface area contributed by atoms with E-state index in [9.17, 15) is 4.79 Å². The van der Waals surface area contributed by atoms with Gasteiger partial charge >= 0.3 is 5.97 Å². The van der Waals surface area contributed by atoms with Crippen molar-refractivity contribution in [2.45, 2.75) is 18.8 Å². The summed E-state index contributed by atoms with van der Waals surface area (Å²) >= 11 is 0. The van der Waals surface area contributed by atoms with Crippen LogP contribution in [0.4, 0.5) is 0 Å². The number of ether oxygens (including phenoxy) is 1. The molecule has 1 aromatic heterocycles. The van der Waals surface area contributed by atoms with Crippen molar-refractivity contribution in [3.63, 3.8) is 0 Å². The van der Waals surface area contributed by atoms with Crippen molar-refractivity contribution in [2.75, 3.05) is 7.11 Å². The third kappa shape index (κ3) is 1.40. The summed E-state index contributed by atoms with van der Waals surface area (Å²) in [4.78, 5) is 14.5. The molecule has 0 unspecified atom stereocenters. The first-order valence-corrected chi connectivity index (χ1v) is 5.49. The van der Waals surface area contributed by atoms with E-state index in [1.165, 1.54) is 25.5 Å². The Bertz CT molecular complexity index is 552. The second-order valence-electron chi connectivity index (χ2n) is 4.26. The van der Waals surface area contributed by atoms with E-state index in [1.54, 1.807) is 0 Å². The Hall–Kier alpha value is -1.77. The van der Waals surface area contributed by atoms with E-state index in [-0.39, 0.29) is 5.97 Å². The van der Waals surface area contributed by atoms with Gasteiger partial charge in [-0.1, -0.05) is 12.1 Å². The summed E-state index contributed by atoms with van der Waals surface area (Å²) in [7, 11) is 1.40. The Kier molecular flexibility index (Phi) is 1.99. The fraction of sp³-hybridized carbons (Fsp3) is 0.308. The van der Waals surface area contributed by atoms with Crippen LogP contribution in [0.3, 0.4) is 0 Å². The van der Waals surface area contributed by atoms with Crippen LogP contribution in [-0.4, -0.2) is 18.1 Å². The van der Waals surface area contributed by atoms with Gasteiger partial charge in [0.05, 0.1) is 7.11 Å². The Balaban J connectivity index is 2.16. The van der Waals surface area contributed by atoms with Crippen LogP contribution >= 0.6 is 0 Å². The van der Waals surface area contributed by atoms with E-state index in [4.69, 9.17) is 4.74 Å². The van der Waals surface area contributed by atoms with E-state index in [1.807, 2.05) is 18.2 Å². The van der Waals surface area contributed by atoms with Crippen molar-refractivity contribution in [1.82, 2.24) is 4.98 Å². The van der Waals surface area contributed by atoms with Gasteiger partial charge in [0.15, 0.2) is 0 Å². The van der Waals surface area contributed by atoms with Gasteiger partial charge < -0.3 is 9.72 Å². The number of nitrogens with one attached hydrogen (secondary N) is 1. The largest absolute Gasteiger partial charge is 0.464 e. The van der Waals surface area contributed by atoms with Gasteiger partial charge in [-0.05, 0) is 36.5 Å². The van der Waals surface area contributed by atoms with Crippen LogP contribution in [0.2, 0.25) is 0 Å². The number of hydrogen-bond donors (Lipinski definition) is 1. The summed E-state index contributed by atoms with van der Waals surface area (Å²) < 4.78 is 4.71.